The smallest absolute Gasteiger partial charge is 0.303 e. The summed E-state index contributed by atoms with van der Waals surface area (Å²) in [6.07, 6.45) is 0.838. The van der Waals surface area contributed by atoms with E-state index in [-0.39, 0.29) is 12.5 Å². The number of carbonyl (C=O) groups is 1. The van der Waals surface area contributed by atoms with E-state index in [1.165, 1.54) is 0 Å². The van der Waals surface area contributed by atoms with E-state index in [1.807, 2.05) is 19.1 Å². The van der Waals surface area contributed by atoms with Gasteiger partial charge in [-0.25, -0.2) is 0 Å². The average molecular weight is 233 g/mol. The first kappa shape index (κ1) is 13.0. The van der Waals surface area contributed by atoms with Gasteiger partial charge in [0, 0.05) is 6.42 Å². The van der Waals surface area contributed by atoms with E-state index in [0.717, 1.165) is 5.56 Å². The molecule has 0 aliphatic heterocycles. The van der Waals surface area contributed by atoms with Crippen LogP contribution in [0.2, 0.25) is 0 Å². The van der Waals surface area contributed by atoms with Crippen LogP contribution >= 0.6 is 0 Å². The summed E-state index contributed by atoms with van der Waals surface area (Å²) in [6.45, 7) is 1.84. The molecule has 1 rings (SSSR count). The minimum Gasteiger partial charge on any atom is -0.491 e. The summed E-state index contributed by atoms with van der Waals surface area (Å²) in [7, 11) is 0. The molecule has 0 bridgehead atoms. The van der Waals surface area contributed by atoms with E-state index in [2.05, 4.69) is 6.07 Å². The number of rotatable bonds is 6. The van der Waals surface area contributed by atoms with Crippen LogP contribution in [-0.4, -0.2) is 17.2 Å². The number of hydrogen-bond donors (Lipinski definition) is 1. The minimum absolute atomic E-state index is 0.105. The van der Waals surface area contributed by atoms with Crippen molar-refractivity contribution in [3.05, 3.63) is 29.8 Å². The lowest BCUT2D eigenvalue weighted by Crippen LogP contribution is -2.13. The molecule has 0 fully saturated rings. The summed E-state index contributed by atoms with van der Waals surface area (Å²) in [6, 6.07) is 9.33. The third-order valence-corrected chi connectivity index (χ3v) is 2.31. The maximum atomic E-state index is 10.4. The maximum absolute atomic E-state index is 10.4. The van der Waals surface area contributed by atoms with Crippen LogP contribution in [0.15, 0.2) is 24.3 Å². The second kappa shape index (κ2) is 6.54. The molecule has 0 amide bonds. The molecule has 1 aromatic rings. The Morgan fingerprint density at radius 3 is 2.65 bits per heavy atom. The van der Waals surface area contributed by atoms with Crippen LogP contribution in [0.5, 0.6) is 5.75 Å². The summed E-state index contributed by atoms with van der Waals surface area (Å²) in [4.78, 5) is 10.4. The van der Waals surface area contributed by atoms with E-state index in [0.29, 0.717) is 18.6 Å². The molecule has 90 valence electrons. The lowest BCUT2D eigenvalue weighted by atomic mass is 10.1. The quantitative estimate of drug-likeness (QED) is 0.818. The van der Waals surface area contributed by atoms with Crippen LogP contribution in [0, 0.1) is 11.3 Å². The highest BCUT2D eigenvalue weighted by atomic mass is 16.5. The van der Waals surface area contributed by atoms with Crippen LogP contribution in [0.25, 0.3) is 0 Å². The highest BCUT2D eigenvalue weighted by molar-refractivity contribution is 5.66. The number of benzene rings is 1. The number of aliphatic carboxylic acids is 1. The second-order valence-corrected chi connectivity index (χ2v) is 3.84. The third-order valence-electron chi connectivity index (χ3n) is 2.31. The van der Waals surface area contributed by atoms with Crippen molar-refractivity contribution >= 4 is 5.97 Å². The number of hydrogen-bond acceptors (Lipinski definition) is 3. The third kappa shape index (κ3) is 5.03. The van der Waals surface area contributed by atoms with Crippen LogP contribution in [0.4, 0.5) is 0 Å². The number of carboxylic acid groups (broad SMARTS) is 1. The zero-order valence-electron chi connectivity index (χ0n) is 9.72. The summed E-state index contributed by atoms with van der Waals surface area (Å²) in [5, 5.41) is 17.1. The van der Waals surface area contributed by atoms with Crippen molar-refractivity contribution in [1.82, 2.24) is 0 Å². The van der Waals surface area contributed by atoms with Gasteiger partial charge in [-0.15, -0.1) is 0 Å². The van der Waals surface area contributed by atoms with Gasteiger partial charge in [-0.05, 0) is 31.0 Å². The normalized spacial score (nSPS) is 11.5. The van der Waals surface area contributed by atoms with Gasteiger partial charge in [0.05, 0.1) is 18.6 Å². The first-order chi connectivity index (χ1) is 8.11. The zero-order chi connectivity index (χ0) is 12.7. The summed E-state index contributed by atoms with van der Waals surface area (Å²) < 4.78 is 5.55. The van der Waals surface area contributed by atoms with Crippen molar-refractivity contribution in [2.24, 2.45) is 0 Å². The molecule has 17 heavy (non-hydrogen) atoms. The summed E-state index contributed by atoms with van der Waals surface area (Å²) in [5.74, 6) is -0.116. The van der Waals surface area contributed by atoms with Crippen LogP contribution in [0.3, 0.4) is 0 Å². The molecular formula is C13H15NO3. The number of ether oxygens (including phenoxy) is 1. The number of nitriles is 1. The van der Waals surface area contributed by atoms with E-state index in [9.17, 15) is 4.79 Å². The van der Waals surface area contributed by atoms with E-state index >= 15 is 0 Å². The SMILES string of the molecule is CC(CCC(=O)O)Oc1ccc(CC#N)cc1. The van der Waals surface area contributed by atoms with Gasteiger partial charge in [-0.3, -0.25) is 4.79 Å². The van der Waals surface area contributed by atoms with Gasteiger partial charge in [0.25, 0.3) is 0 Å². The molecule has 4 nitrogen and oxygen atoms in total. The van der Waals surface area contributed by atoms with Crippen LogP contribution in [0.1, 0.15) is 25.3 Å². The van der Waals surface area contributed by atoms with Crippen molar-refractivity contribution in [2.75, 3.05) is 0 Å². The second-order valence-electron chi connectivity index (χ2n) is 3.84. The van der Waals surface area contributed by atoms with E-state index < -0.39 is 5.97 Å². The van der Waals surface area contributed by atoms with Gasteiger partial charge in [0.1, 0.15) is 5.75 Å². The molecule has 0 heterocycles. The highest BCUT2D eigenvalue weighted by Gasteiger charge is 2.06. The Kier molecular flexibility index (Phi) is 5.02. The van der Waals surface area contributed by atoms with Gasteiger partial charge in [0.15, 0.2) is 0 Å². The molecular weight excluding hydrogens is 218 g/mol. The average Bonchev–Trinajstić information content (AvgIpc) is 2.29. The van der Waals surface area contributed by atoms with Crippen molar-refractivity contribution in [3.8, 4) is 11.8 Å². The largest absolute Gasteiger partial charge is 0.491 e. The Labute approximate surface area is 100 Å². The van der Waals surface area contributed by atoms with Gasteiger partial charge in [0.2, 0.25) is 0 Å². The fourth-order valence-electron chi connectivity index (χ4n) is 1.40. The molecule has 0 radical (unpaired) electrons. The molecule has 1 N–H and O–H groups in total. The predicted molar refractivity (Wildman–Crippen MR) is 62.7 cm³/mol. The lowest BCUT2D eigenvalue weighted by Gasteiger charge is -2.13. The molecule has 1 atom stereocenters. The predicted octanol–water partition coefficient (Wildman–Crippen LogP) is 2.38. The molecule has 0 saturated heterocycles. The Balaban J connectivity index is 2.46. The summed E-state index contributed by atoms with van der Waals surface area (Å²) in [5.41, 5.74) is 0.943. The molecule has 0 aliphatic carbocycles. The van der Waals surface area contributed by atoms with Crippen LogP contribution < -0.4 is 4.74 Å². The molecule has 0 aliphatic rings. The van der Waals surface area contributed by atoms with E-state index in [4.69, 9.17) is 15.1 Å². The molecule has 0 aromatic heterocycles. The summed E-state index contributed by atoms with van der Waals surface area (Å²) >= 11 is 0. The van der Waals surface area contributed by atoms with Crippen molar-refractivity contribution in [2.45, 2.75) is 32.3 Å². The molecule has 0 saturated carbocycles. The number of carboxylic acids is 1. The van der Waals surface area contributed by atoms with Gasteiger partial charge >= 0.3 is 5.97 Å². The highest BCUT2D eigenvalue weighted by Crippen LogP contribution is 2.15. The monoisotopic (exact) mass is 233 g/mol. The Morgan fingerprint density at radius 2 is 2.12 bits per heavy atom. The topological polar surface area (TPSA) is 70.3 Å². The Morgan fingerprint density at radius 1 is 1.47 bits per heavy atom. The first-order valence-electron chi connectivity index (χ1n) is 5.46. The van der Waals surface area contributed by atoms with Crippen LogP contribution in [-0.2, 0) is 11.2 Å². The maximum Gasteiger partial charge on any atom is 0.303 e. The van der Waals surface area contributed by atoms with E-state index in [1.54, 1.807) is 12.1 Å². The lowest BCUT2D eigenvalue weighted by molar-refractivity contribution is -0.137. The van der Waals surface area contributed by atoms with Crippen molar-refractivity contribution in [1.29, 1.82) is 5.26 Å². The molecule has 1 aromatic carbocycles. The zero-order valence-corrected chi connectivity index (χ0v) is 9.72. The first-order valence-corrected chi connectivity index (χ1v) is 5.46. The Bertz CT molecular complexity index is 406. The fraction of sp³-hybridized carbons (Fsp3) is 0.385. The number of nitrogens with zero attached hydrogens (tertiary/aromatic N) is 1. The molecule has 0 spiro atoms. The van der Waals surface area contributed by atoms with Crippen molar-refractivity contribution in [3.63, 3.8) is 0 Å². The van der Waals surface area contributed by atoms with Crippen molar-refractivity contribution < 1.29 is 14.6 Å². The van der Waals surface area contributed by atoms with Gasteiger partial charge in [-0.1, -0.05) is 12.1 Å². The van der Waals surface area contributed by atoms with Gasteiger partial charge in [-0.2, -0.15) is 5.26 Å². The molecule has 1 unspecified atom stereocenters. The molecule has 4 heteroatoms. The van der Waals surface area contributed by atoms with Gasteiger partial charge < -0.3 is 9.84 Å². The Hall–Kier alpha value is -2.02. The fourth-order valence-corrected chi connectivity index (χ4v) is 1.40. The minimum atomic E-state index is -0.815. The standard InChI is InChI=1S/C13H15NO3/c1-10(2-7-13(15)16)17-12-5-3-11(4-6-12)8-9-14/h3-6,10H,2,7-8H2,1H3,(H,15,16).